The van der Waals surface area contributed by atoms with Crippen molar-refractivity contribution in [2.75, 3.05) is 20.3 Å². The van der Waals surface area contributed by atoms with E-state index in [0.29, 0.717) is 11.5 Å². The zero-order valence-electron chi connectivity index (χ0n) is 23.9. The summed E-state index contributed by atoms with van der Waals surface area (Å²) < 4.78 is 35.6. The summed E-state index contributed by atoms with van der Waals surface area (Å²) in [5.74, 6) is -0.364. The Morgan fingerprint density at radius 2 is 1.38 bits per heavy atom. The van der Waals surface area contributed by atoms with Crippen molar-refractivity contribution in [2.24, 2.45) is 5.92 Å². The van der Waals surface area contributed by atoms with Crippen molar-refractivity contribution >= 4 is 24.4 Å². The van der Waals surface area contributed by atoms with Crippen LogP contribution in [-0.2, 0) is 34.9 Å². The van der Waals surface area contributed by atoms with E-state index in [2.05, 4.69) is 5.32 Å². The van der Waals surface area contributed by atoms with E-state index in [1.807, 2.05) is 13.8 Å². The van der Waals surface area contributed by atoms with Crippen LogP contribution in [0.4, 0.5) is 14.4 Å². The number of methoxy groups -OCH3 is 1. The predicted molar refractivity (Wildman–Crippen MR) is 140 cm³/mol. The second-order valence-corrected chi connectivity index (χ2v) is 9.72. The molecule has 1 N–H and O–H groups in total. The summed E-state index contributed by atoms with van der Waals surface area (Å²) in [4.78, 5) is 48.5. The highest BCUT2D eigenvalue weighted by molar-refractivity contribution is 5.76. The van der Waals surface area contributed by atoms with E-state index >= 15 is 0 Å². The Balaban J connectivity index is 2.96. The van der Waals surface area contributed by atoms with Crippen LogP contribution in [0.3, 0.4) is 0 Å². The highest BCUT2D eigenvalue weighted by Crippen LogP contribution is 2.30. The van der Waals surface area contributed by atoms with Crippen molar-refractivity contribution in [1.82, 2.24) is 5.32 Å². The molecule has 0 radical (unpaired) electrons. The van der Waals surface area contributed by atoms with Gasteiger partial charge in [-0.15, -0.1) is 0 Å². The first-order valence-corrected chi connectivity index (χ1v) is 12.8. The molecule has 0 saturated heterocycles. The van der Waals surface area contributed by atoms with E-state index < -0.39 is 48.8 Å². The lowest BCUT2D eigenvalue weighted by Gasteiger charge is -2.20. The number of esters is 1. The van der Waals surface area contributed by atoms with Crippen molar-refractivity contribution < 1.29 is 52.3 Å². The quantitative estimate of drug-likeness (QED) is 0.191. The molecule has 0 saturated carbocycles. The molecule has 0 heterocycles. The number of rotatable bonds is 14. The Hall–Kier alpha value is -3.54. The maximum Gasteiger partial charge on any atom is 0.514 e. The van der Waals surface area contributed by atoms with Gasteiger partial charge >= 0.3 is 24.4 Å². The third-order valence-corrected chi connectivity index (χ3v) is 4.85. The molecular formula is C27H41NO11. The van der Waals surface area contributed by atoms with Crippen molar-refractivity contribution in [3.05, 3.63) is 23.8 Å². The lowest BCUT2D eigenvalue weighted by molar-refractivity contribution is -0.143. The van der Waals surface area contributed by atoms with Gasteiger partial charge in [0, 0.05) is 6.54 Å². The van der Waals surface area contributed by atoms with E-state index in [1.165, 1.54) is 19.2 Å². The summed E-state index contributed by atoms with van der Waals surface area (Å²) >= 11 is 0. The third-order valence-electron chi connectivity index (χ3n) is 4.85. The van der Waals surface area contributed by atoms with E-state index in [4.69, 9.17) is 33.2 Å². The molecule has 0 aliphatic heterocycles. The highest BCUT2D eigenvalue weighted by atomic mass is 16.8. The number of hydrogen-bond acceptors (Lipinski definition) is 12. The molecule has 1 aromatic carbocycles. The van der Waals surface area contributed by atoms with Gasteiger partial charge < -0.3 is 38.5 Å². The van der Waals surface area contributed by atoms with Crippen LogP contribution in [0, 0.1) is 5.92 Å². The first-order valence-electron chi connectivity index (χ1n) is 12.8. The van der Waals surface area contributed by atoms with Gasteiger partial charge in [0.1, 0.15) is 12.1 Å². The minimum atomic E-state index is -1.00. The Kier molecular flexibility index (Phi) is 14.7. The molecule has 0 spiro atoms. The van der Waals surface area contributed by atoms with Gasteiger partial charge in [0.15, 0.2) is 11.5 Å². The van der Waals surface area contributed by atoms with Crippen molar-refractivity contribution in [1.29, 1.82) is 0 Å². The number of benzene rings is 1. The van der Waals surface area contributed by atoms with Crippen LogP contribution in [0.5, 0.6) is 11.5 Å². The fraction of sp³-hybridized carbons (Fsp3) is 0.630. The van der Waals surface area contributed by atoms with Gasteiger partial charge in [-0.1, -0.05) is 19.9 Å². The van der Waals surface area contributed by atoms with Crippen LogP contribution >= 0.6 is 0 Å². The minimum Gasteiger partial charge on any atom is -0.468 e. The number of ether oxygens (including phenoxy) is 7. The summed E-state index contributed by atoms with van der Waals surface area (Å²) in [7, 11) is 1.25. The van der Waals surface area contributed by atoms with Crippen LogP contribution < -0.4 is 14.8 Å². The van der Waals surface area contributed by atoms with E-state index in [-0.39, 0.29) is 31.1 Å². The maximum atomic E-state index is 12.4. The van der Waals surface area contributed by atoms with Gasteiger partial charge in [-0.3, -0.25) is 4.79 Å². The number of carbonyl (C=O) groups is 4. The van der Waals surface area contributed by atoms with Crippen LogP contribution in [0.25, 0.3) is 0 Å². The Morgan fingerprint density at radius 1 is 0.795 bits per heavy atom. The summed E-state index contributed by atoms with van der Waals surface area (Å²) in [6.07, 6.45) is -3.42. The van der Waals surface area contributed by atoms with Gasteiger partial charge in [0.25, 0.3) is 0 Å². The number of nitrogens with one attached hydrogen (secondary N) is 1. The zero-order valence-corrected chi connectivity index (χ0v) is 23.9. The van der Waals surface area contributed by atoms with Crippen molar-refractivity contribution in [3.8, 4) is 11.5 Å². The summed E-state index contributed by atoms with van der Waals surface area (Å²) in [5.41, 5.74) is 0.538. The second kappa shape index (κ2) is 17.1. The van der Waals surface area contributed by atoms with Crippen LogP contribution in [0.15, 0.2) is 18.2 Å². The molecule has 220 valence electrons. The average Bonchev–Trinajstić information content (AvgIpc) is 2.81. The molecule has 0 aliphatic carbocycles. The van der Waals surface area contributed by atoms with Gasteiger partial charge in [-0.25, -0.2) is 14.4 Å². The van der Waals surface area contributed by atoms with Crippen LogP contribution in [-0.4, -0.2) is 69.1 Å². The minimum absolute atomic E-state index is 0.0781. The normalized spacial score (nSPS) is 12.5. The summed E-state index contributed by atoms with van der Waals surface area (Å²) in [6.45, 7) is 12.7. The third kappa shape index (κ3) is 14.3. The molecule has 1 rings (SSSR count). The Morgan fingerprint density at radius 3 is 1.92 bits per heavy atom. The molecule has 12 nitrogen and oxygen atoms in total. The summed E-state index contributed by atoms with van der Waals surface area (Å²) in [6, 6.07) is 3.58. The molecule has 0 aliphatic rings. The molecule has 1 unspecified atom stereocenters. The molecule has 39 heavy (non-hydrogen) atoms. The molecule has 2 atom stereocenters. The zero-order chi connectivity index (χ0) is 29.5. The Bertz CT molecular complexity index is 946. The SMILES string of the molecule is COC(=O)[C@H](Cc1ccc(OC(=O)OC(C)C)c(OC(=O)OC(C)C)c1)NCC(C)OC(=O)OCCC(C)C. The van der Waals surface area contributed by atoms with Gasteiger partial charge in [-0.05, 0) is 71.1 Å². The van der Waals surface area contributed by atoms with E-state index in [0.717, 1.165) is 6.42 Å². The molecule has 0 amide bonds. The standard InChI is InChI=1S/C27H41NO11/c1-16(2)11-12-34-25(30)37-19(7)15-28-21(24(29)33-8)13-20-9-10-22(38-26(31)35-17(3)4)23(14-20)39-27(32)36-18(5)6/h9-10,14,16-19,21,28H,11-13,15H2,1-8H3/t19?,21-/m0/s1. The fourth-order valence-corrected chi connectivity index (χ4v) is 3.00. The van der Waals surface area contributed by atoms with Crippen molar-refractivity contribution in [3.63, 3.8) is 0 Å². The molecule has 0 bridgehead atoms. The van der Waals surface area contributed by atoms with E-state index in [9.17, 15) is 19.2 Å². The first-order chi connectivity index (χ1) is 18.3. The molecule has 12 heteroatoms. The van der Waals surface area contributed by atoms with Crippen LogP contribution in [0.1, 0.15) is 60.5 Å². The Labute approximate surface area is 229 Å². The second-order valence-electron chi connectivity index (χ2n) is 9.72. The molecule has 0 fully saturated rings. The predicted octanol–water partition coefficient (Wildman–Crippen LogP) is 4.80. The van der Waals surface area contributed by atoms with Crippen molar-refractivity contribution in [2.45, 2.75) is 85.7 Å². The fourth-order valence-electron chi connectivity index (χ4n) is 3.00. The number of hydrogen-bond donors (Lipinski definition) is 1. The molecular weight excluding hydrogens is 514 g/mol. The van der Waals surface area contributed by atoms with E-state index in [1.54, 1.807) is 40.7 Å². The molecule has 1 aromatic rings. The van der Waals surface area contributed by atoms with Gasteiger partial charge in [0.2, 0.25) is 0 Å². The average molecular weight is 556 g/mol. The monoisotopic (exact) mass is 555 g/mol. The number of carbonyl (C=O) groups excluding carboxylic acids is 4. The van der Waals surface area contributed by atoms with Gasteiger partial charge in [-0.2, -0.15) is 0 Å². The lowest BCUT2D eigenvalue weighted by atomic mass is 10.0. The van der Waals surface area contributed by atoms with Crippen LogP contribution in [0.2, 0.25) is 0 Å². The van der Waals surface area contributed by atoms with Gasteiger partial charge in [0.05, 0.1) is 25.9 Å². The molecule has 0 aromatic heterocycles. The smallest absolute Gasteiger partial charge is 0.468 e. The topological polar surface area (TPSA) is 145 Å². The first kappa shape index (κ1) is 33.5. The lowest BCUT2D eigenvalue weighted by Crippen LogP contribution is -2.43. The maximum absolute atomic E-state index is 12.4. The highest BCUT2D eigenvalue weighted by Gasteiger charge is 2.24. The summed E-state index contributed by atoms with van der Waals surface area (Å²) in [5, 5.41) is 3.01. The largest absolute Gasteiger partial charge is 0.514 e.